The highest BCUT2D eigenvalue weighted by molar-refractivity contribution is 6.41. The Hall–Kier alpha value is -0.740. The van der Waals surface area contributed by atoms with Crippen LogP contribution in [0, 0.1) is 0 Å². The maximum absolute atomic E-state index is 11.8. The Morgan fingerprint density at radius 3 is 2.56 bits per heavy atom. The lowest BCUT2D eigenvalue weighted by Gasteiger charge is -2.07. The van der Waals surface area contributed by atoms with Gasteiger partial charge in [0.2, 0.25) is 0 Å². The molecule has 0 unspecified atom stereocenters. The SMILES string of the molecule is O=c1c(Cl)c(Cl)cnn1Cc1cc(Cl)ccc1Cl. The molecule has 0 bridgehead atoms. The summed E-state index contributed by atoms with van der Waals surface area (Å²) in [6.45, 7) is 0.176. The highest BCUT2D eigenvalue weighted by Crippen LogP contribution is 2.21. The van der Waals surface area contributed by atoms with Crippen LogP contribution in [0.1, 0.15) is 5.56 Å². The topological polar surface area (TPSA) is 34.9 Å². The fourth-order valence-corrected chi connectivity index (χ4v) is 2.03. The summed E-state index contributed by atoms with van der Waals surface area (Å²) in [5, 5.41) is 4.98. The van der Waals surface area contributed by atoms with E-state index < -0.39 is 5.56 Å². The smallest absolute Gasteiger partial charge is 0.266 e. The number of benzene rings is 1. The van der Waals surface area contributed by atoms with E-state index in [4.69, 9.17) is 46.4 Å². The minimum atomic E-state index is -0.472. The molecule has 0 fully saturated rings. The Morgan fingerprint density at radius 1 is 1.11 bits per heavy atom. The minimum Gasteiger partial charge on any atom is -0.266 e. The van der Waals surface area contributed by atoms with Crippen molar-refractivity contribution in [3.63, 3.8) is 0 Å². The molecule has 1 heterocycles. The molecular weight excluding hydrogens is 318 g/mol. The molecule has 0 saturated carbocycles. The summed E-state index contributed by atoms with van der Waals surface area (Å²) in [5.74, 6) is 0. The van der Waals surface area contributed by atoms with Crippen molar-refractivity contribution in [3.8, 4) is 0 Å². The van der Waals surface area contributed by atoms with Gasteiger partial charge in [-0.2, -0.15) is 5.10 Å². The molecule has 18 heavy (non-hydrogen) atoms. The predicted octanol–water partition coefficient (Wildman–Crippen LogP) is 3.91. The van der Waals surface area contributed by atoms with E-state index in [1.165, 1.54) is 10.9 Å². The van der Waals surface area contributed by atoms with Crippen LogP contribution in [-0.2, 0) is 6.54 Å². The zero-order valence-corrected chi connectivity index (χ0v) is 11.9. The molecule has 94 valence electrons. The Labute approximate surface area is 123 Å². The van der Waals surface area contributed by atoms with Crippen molar-refractivity contribution in [2.45, 2.75) is 6.54 Å². The maximum Gasteiger partial charge on any atom is 0.287 e. The van der Waals surface area contributed by atoms with E-state index in [-0.39, 0.29) is 16.6 Å². The summed E-state index contributed by atoms with van der Waals surface area (Å²) in [5.41, 5.74) is 0.206. The van der Waals surface area contributed by atoms with E-state index in [9.17, 15) is 4.79 Å². The average molecular weight is 324 g/mol. The van der Waals surface area contributed by atoms with Gasteiger partial charge in [-0.05, 0) is 23.8 Å². The molecule has 0 amide bonds. The summed E-state index contributed by atoms with van der Waals surface area (Å²) in [4.78, 5) is 11.8. The van der Waals surface area contributed by atoms with Gasteiger partial charge in [0.15, 0.2) is 0 Å². The molecule has 0 aliphatic carbocycles. The van der Waals surface area contributed by atoms with Crippen LogP contribution < -0.4 is 5.56 Å². The lowest BCUT2D eigenvalue weighted by atomic mass is 10.2. The number of halogens is 4. The summed E-state index contributed by atoms with van der Waals surface area (Å²) >= 11 is 23.3. The first kappa shape index (κ1) is 13.7. The molecule has 2 rings (SSSR count). The van der Waals surface area contributed by atoms with E-state index in [1.807, 2.05) is 0 Å². The van der Waals surface area contributed by atoms with Gasteiger partial charge in [-0.1, -0.05) is 46.4 Å². The molecule has 0 saturated heterocycles. The third-order valence-electron chi connectivity index (χ3n) is 2.27. The van der Waals surface area contributed by atoms with E-state index >= 15 is 0 Å². The Kier molecular flexibility index (Phi) is 4.17. The second kappa shape index (κ2) is 5.49. The molecule has 0 N–H and O–H groups in total. The van der Waals surface area contributed by atoms with E-state index in [0.717, 1.165) is 0 Å². The van der Waals surface area contributed by atoms with Gasteiger partial charge in [0.25, 0.3) is 5.56 Å². The first-order chi connectivity index (χ1) is 8.49. The summed E-state index contributed by atoms with van der Waals surface area (Å²) in [7, 11) is 0. The van der Waals surface area contributed by atoms with E-state index in [1.54, 1.807) is 18.2 Å². The summed E-state index contributed by atoms with van der Waals surface area (Å²) in [6.07, 6.45) is 1.31. The number of hydrogen-bond donors (Lipinski definition) is 0. The predicted molar refractivity (Wildman–Crippen MR) is 74.1 cm³/mol. The van der Waals surface area contributed by atoms with Crippen molar-refractivity contribution in [1.29, 1.82) is 0 Å². The van der Waals surface area contributed by atoms with E-state index in [0.29, 0.717) is 15.6 Å². The Balaban J connectivity index is 2.44. The quantitative estimate of drug-likeness (QED) is 0.840. The molecule has 0 spiro atoms. The van der Waals surface area contributed by atoms with E-state index in [2.05, 4.69) is 5.10 Å². The Bertz CT molecular complexity index is 654. The summed E-state index contributed by atoms with van der Waals surface area (Å²) in [6, 6.07) is 4.99. The second-order valence-electron chi connectivity index (χ2n) is 3.51. The highest BCUT2D eigenvalue weighted by atomic mass is 35.5. The second-order valence-corrected chi connectivity index (χ2v) is 5.13. The first-order valence-electron chi connectivity index (χ1n) is 4.84. The van der Waals surface area contributed by atoms with Gasteiger partial charge in [-0.3, -0.25) is 4.79 Å². The van der Waals surface area contributed by atoms with Crippen molar-refractivity contribution >= 4 is 46.4 Å². The number of nitrogens with zero attached hydrogens (tertiary/aromatic N) is 2. The number of hydrogen-bond acceptors (Lipinski definition) is 2. The monoisotopic (exact) mass is 322 g/mol. The van der Waals surface area contributed by atoms with Crippen molar-refractivity contribution in [2.24, 2.45) is 0 Å². The zero-order chi connectivity index (χ0) is 13.3. The van der Waals surface area contributed by atoms with Crippen molar-refractivity contribution in [3.05, 3.63) is 60.4 Å². The molecular formula is C11H6Cl4N2O. The summed E-state index contributed by atoms with van der Waals surface area (Å²) < 4.78 is 1.17. The van der Waals surface area contributed by atoms with Gasteiger partial charge in [-0.15, -0.1) is 0 Å². The van der Waals surface area contributed by atoms with Crippen LogP contribution in [0.25, 0.3) is 0 Å². The lowest BCUT2D eigenvalue weighted by Crippen LogP contribution is -2.23. The van der Waals surface area contributed by atoms with Gasteiger partial charge < -0.3 is 0 Å². The van der Waals surface area contributed by atoms with Crippen LogP contribution in [0.4, 0.5) is 0 Å². The molecule has 0 atom stereocenters. The van der Waals surface area contributed by atoms with Gasteiger partial charge >= 0.3 is 0 Å². The van der Waals surface area contributed by atoms with Crippen LogP contribution in [0.3, 0.4) is 0 Å². The van der Waals surface area contributed by atoms with Gasteiger partial charge in [-0.25, -0.2) is 4.68 Å². The van der Waals surface area contributed by atoms with Gasteiger partial charge in [0, 0.05) is 10.0 Å². The molecule has 3 nitrogen and oxygen atoms in total. The molecule has 0 radical (unpaired) electrons. The van der Waals surface area contributed by atoms with Crippen LogP contribution in [0.5, 0.6) is 0 Å². The lowest BCUT2D eigenvalue weighted by molar-refractivity contribution is 0.639. The van der Waals surface area contributed by atoms with Gasteiger partial charge in [0.1, 0.15) is 5.02 Å². The molecule has 1 aromatic carbocycles. The van der Waals surface area contributed by atoms with Crippen molar-refractivity contribution in [2.75, 3.05) is 0 Å². The number of rotatable bonds is 2. The Morgan fingerprint density at radius 2 is 1.83 bits per heavy atom. The fraction of sp³-hybridized carbons (Fsp3) is 0.0909. The molecule has 2 aromatic rings. The third-order valence-corrected chi connectivity index (χ3v) is 3.62. The van der Waals surface area contributed by atoms with Crippen LogP contribution in [0.15, 0.2) is 29.2 Å². The number of aromatic nitrogens is 2. The normalized spacial score (nSPS) is 10.7. The standard InChI is InChI=1S/C11H6Cl4N2O/c12-7-1-2-8(13)6(3-7)5-17-11(18)10(15)9(14)4-16-17/h1-4H,5H2. The third kappa shape index (κ3) is 2.81. The molecule has 1 aromatic heterocycles. The molecule has 0 aliphatic rings. The maximum atomic E-state index is 11.8. The van der Waals surface area contributed by atoms with Crippen LogP contribution in [-0.4, -0.2) is 9.78 Å². The first-order valence-corrected chi connectivity index (χ1v) is 6.35. The zero-order valence-electron chi connectivity index (χ0n) is 8.83. The average Bonchev–Trinajstić information content (AvgIpc) is 2.34. The van der Waals surface area contributed by atoms with Crippen molar-refractivity contribution in [1.82, 2.24) is 9.78 Å². The molecule has 0 aliphatic heterocycles. The van der Waals surface area contributed by atoms with Crippen LogP contribution >= 0.6 is 46.4 Å². The van der Waals surface area contributed by atoms with Crippen LogP contribution in [0.2, 0.25) is 20.1 Å². The minimum absolute atomic E-state index is 0.0650. The van der Waals surface area contributed by atoms with Crippen molar-refractivity contribution < 1.29 is 0 Å². The highest BCUT2D eigenvalue weighted by Gasteiger charge is 2.09. The van der Waals surface area contributed by atoms with Gasteiger partial charge in [0.05, 0.1) is 17.8 Å². The molecule has 7 heteroatoms. The largest absolute Gasteiger partial charge is 0.287 e. The fourth-order valence-electron chi connectivity index (χ4n) is 1.38.